The Bertz CT molecular complexity index is 1080. The number of rotatable bonds is 6. The number of sulfone groups is 2. The second kappa shape index (κ2) is 8.00. The largest absolute Gasteiger partial charge is 0.352 e. The van der Waals surface area contributed by atoms with Gasteiger partial charge in [-0.1, -0.05) is 30.3 Å². The van der Waals surface area contributed by atoms with Crippen molar-refractivity contribution in [3.05, 3.63) is 65.5 Å². The van der Waals surface area contributed by atoms with Crippen molar-refractivity contribution in [3.63, 3.8) is 0 Å². The van der Waals surface area contributed by atoms with E-state index in [0.717, 1.165) is 23.8 Å². The number of carbonyl (C=O) groups excluding carboxylic acids is 1. The summed E-state index contributed by atoms with van der Waals surface area (Å²) in [6.07, 6.45) is 0.548. The van der Waals surface area contributed by atoms with Crippen molar-refractivity contribution >= 4 is 25.6 Å². The Kier molecular flexibility index (Phi) is 5.85. The van der Waals surface area contributed by atoms with Crippen molar-refractivity contribution in [1.29, 1.82) is 0 Å². The predicted molar refractivity (Wildman–Crippen MR) is 103 cm³/mol. The quantitative estimate of drug-likeness (QED) is 0.712. The molecule has 1 atom stereocenters. The molecule has 1 aliphatic rings. The molecule has 6 nitrogen and oxygen atoms in total. The van der Waals surface area contributed by atoms with Crippen LogP contribution in [0.5, 0.6) is 0 Å². The monoisotopic (exact) mass is 425 g/mol. The molecule has 0 aromatic heterocycles. The Balaban J connectivity index is 1.74. The number of carbonyl (C=O) groups is 1. The molecule has 0 unspecified atom stereocenters. The third-order valence-corrected chi connectivity index (χ3v) is 8.85. The fraction of sp³-hybridized carbons (Fsp3) is 0.316. The van der Waals surface area contributed by atoms with Gasteiger partial charge in [-0.15, -0.1) is 0 Å². The molecule has 0 aliphatic carbocycles. The van der Waals surface area contributed by atoms with Crippen LogP contribution in [0.1, 0.15) is 22.3 Å². The zero-order valence-electron chi connectivity index (χ0n) is 15.0. The van der Waals surface area contributed by atoms with Crippen molar-refractivity contribution in [1.82, 2.24) is 5.32 Å². The van der Waals surface area contributed by atoms with Crippen molar-refractivity contribution < 1.29 is 26.0 Å². The van der Waals surface area contributed by atoms with Crippen LogP contribution in [0.4, 0.5) is 4.39 Å². The summed E-state index contributed by atoms with van der Waals surface area (Å²) in [6.45, 7) is 0.264. The van der Waals surface area contributed by atoms with Gasteiger partial charge in [-0.05, 0) is 36.6 Å². The first-order chi connectivity index (χ1) is 13.2. The van der Waals surface area contributed by atoms with Gasteiger partial charge < -0.3 is 5.32 Å². The predicted octanol–water partition coefficient (Wildman–Crippen LogP) is 1.76. The van der Waals surface area contributed by atoms with E-state index in [4.69, 9.17) is 0 Å². The molecular weight excluding hydrogens is 405 g/mol. The lowest BCUT2D eigenvalue weighted by molar-refractivity contribution is 0.0950. The van der Waals surface area contributed by atoms with E-state index in [-0.39, 0.29) is 29.2 Å². The smallest absolute Gasteiger partial charge is 0.254 e. The summed E-state index contributed by atoms with van der Waals surface area (Å²) in [5.41, 5.74) is 0.622. The van der Waals surface area contributed by atoms with Gasteiger partial charge in [0.25, 0.3) is 5.91 Å². The molecule has 0 bridgehead atoms. The molecule has 1 aliphatic heterocycles. The number of hydrogen-bond donors (Lipinski definition) is 1. The lowest BCUT2D eigenvalue weighted by Gasteiger charge is -2.12. The fourth-order valence-electron chi connectivity index (χ4n) is 3.11. The maximum atomic E-state index is 14.1. The standard InChI is InChI=1S/C19H20FNO5S2/c20-18-7-6-15(28(25,26)16-9-11-27(23,24)13-16)12-17(18)19(22)21-10-8-14-4-2-1-3-5-14/h1-7,12,16H,8-11,13H2,(H,21,22)/t16-/m1/s1. The molecule has 28 heavy (non-hydrogen) atoms. The zero-order chi connectivity index (χ0) is 20.4. The Hall–Kier alpha value is -2.26. The molecule has 1 amide bonds. The van der Waals surface area contributed by atoms with E-state index in [1.807, 2.05) is 30.3 Å². The number of amides is 1. The third-order valence-electron chi connectivity index (χ3n) is 4.68. The summed E-state index contributed by atoms with van der Waals surface area (Å²) in [5.74, 6) is -2.20. The third kappa shape index (κ3) is 4.59. The van der Waals surface area contributed by atoms with Gasteiger partial charge in [0.2, 0.25) is 0 Å². The van der Waals surface area contributed by atoms with Crippen LogP contribution in [0, 0.1) is 5.82 Å². The van der Waals surface area contributed by atoms with E-state index < -0.39 is 42.4 Å². The van der Waals surface area contributed by atoms with Crippen LogP contribution >= 0.6 is 0 Å². The Morgan fingerprint density at radius 1 is 1.14 bits per heavy atom. The van der Waals surface area contributed by atoms with Crippen molar-refractivity contribution in [2.24, 2.45) is 0 Å². The van der Waals surface area contributed by atoms with Gasteiger partial charge in [-0.3, -0.25) is 4.79 Å². The van der Waals surface area contributed by atoms with E-state index in [0.29, 0.717) is 6.42 Å². The highest BCUT2D eigenvalue weighted by Gasteiger charge is 2.38. The van der Waals surface area contributed by atoms with Gasteiger partial charge >= 0.3 is 0 Å². The first-order valence-electron chi connectivity index (χ1n) is 8.75. The second-order valence-electron chi connectivity index (χ2n) is 6.70. The van der Waals surface area contributed by atoms with E-state index in [1.54, 1.807) is 0 Å². The zero-order valence-corrected chi connectivity index (χ0v) is 16.6. The summed E-state index contributed by atoms with van der Waals surface area (Å²) in [7, 11) is -7.36. The second-order valence-corrected chi connectivity index (χ2v) is 11.2. The number of nitrogens with one attached hydrogen (secondary N) is 1. The molecule has 1 heterocycles. The summed E-state index contributed by atoms with van der Waals surface area (Å²) in [5, 5.41) is 1.51. The molecule has 1 fully saturated rings. The molecule has 0 saturated carbocycles. The lowest BCUT2D eigenvalue weighted by Crippen LogP contribution is -2.27. The Labute approximate surface area is 163 Å². The van der Waals surface area contributed by atoms with Crippen LogP contribution < -0.4 is 5.32 Å². The molecule has 2 aromatic carbocycles. The van der Waals surface area contributed by atoms with Crippen molar-refractivity contribution in [3.8, 4) is 0 Å². The van der Waals surface area contributed by atoms with E-state index in [1.165, 1.54) is 0 Å². The topological polar surface area (TPSA) is 97.4 Å². The average Bonchev–Trinajstić information content (AvgIpc) is 3.03. The average molecular weight is 426 g/mol. The molecule has 150 valence electrons. The molecule has 0 radical (unpaired) electrons. The van der Waals surface area contributed by atoms with Crippen LogP contribution in [0.25, 0.3) is 0 Å². The summed E-state index contributed by atoms with van der Waals surface area (Å²) in [6, 6.07) is 12.4. The number of halogens is 1. The molecule has 9 heteroatoms. The fourth-order valence-corrected chi connectivity index (χ4v) is 7.50. The Morgan fingerprint density at radius 3 is 2.50 bits per heavy atom. The minimum absolute atomic E-state index is 0.000643. The first-order valence-corrected chi connectivity index (χ1v) is 12.1. The molecule has 3 rings (SSSR count). The van der Waals surface area contributed by atoms with Gasteiger partial charge in [0.15, 0.2) is 19.7 Å². The number of hydrogen-bond acceptors (Lipinski definition) is 5. The molecule has 1 N–H and O–H groups in total. The number of benzene rings is 2. The Morgan fingerprint density at radius 2 is 1.86 bits per heavy atom. The van der Waals surface area contributed by atoms with Crippen LogP contribution in [0.15, 0.2) is 53.4 Å². The van der Waals surface area contributed by atoms with Gasteiger partial charge in [-0.25, -0.2) is 21.2 Å². The maximum Gasteiger partial charge on any atom is 0.254 e. The van der Waals surface area contributed by atoms with Crippen LogP contribution in [-0.4, -0.2) is 46.0 Å². The molecule has 1 saturated heterocycles. The lowest BCUT2D eigenvalue weighted by atomic mass is 10.1. The minimum atomic E-state index is -3.97. The van der Waals surface area contributed by atoms with Crippen LogP contribution in [0.2, 0.25) is 0 Å². The van der Waals surface area contributed by atoms with E-state index in [2.05, 4.69) is 5.32 Å². The van der Waals surface area contributed by atoms with Crippen molar-refractivity contribution in [2.45, 2.75) is 23.0 Å². The molecular formula is C19H20FNO5S2. The highest BCUT2D eigenvalue weighted by Crippen LogP contribution is 2.26. The van der Waals surface area contributed by atoms with Gasteiger partial charge in [-0.2, -0.15) is 0 Å². The van der Waals surface area contributed by atoms with Crippen LogP contribution in [0.3, 0.4) is 0 Å². The van der Waals surface area contributed by atoms with Crippen molar-refractivity contribution in [2.75, 3.05) is 18.1 Å². The summed E-state index contributed by atoms with van der Waals surface area (Å²) in [4.78, 5) is 12.1. The minimum Gasteiger partial charge on any atom is -0.352 e. The van der Waals surface area contributed by atoms with Gasteiger partial charge in [0.05, 0.1) is 27.2 Å². The molecule has 2 aromatic rings. The van der Waals surface area contributed by atoms with Gasteiger partial charge in [0.1, 0.15) is 5.82 Å². The summed E-state index contributed by atoms with van der Waals surface area (Å²) >= 11 is 0. The maximum absolute atomic E-state index is 14.1. The van der Waals surface area contributed by atoms with Gasteiger partial charge in [0, 0.05) is 6.54 Å². The normalized spacial score (nSPS) is 18.7. The van der Waals surface area contributed by atoms with E-state index in [9.17, 15) is 26.0 Å². The SMILES string of the molecule is O=C(NCCc1ccccc1)c1cc(S(=O)(=O)[C@@H]2CCS(=O)(=O)C2)ccc1F. The summed E-state index contributed by atoms with van der Waals surface area (Å²) < 4.78 is 62.7. The first kappa shape index (κ1) is 20.5. The highest BCUT2D eigenvalue weighted by atomic mass is 32.2. The molecule has 0 spiro atoms. The van der Waals surface area contributed by atoms with E-state index >= 15 is 0 Å². The van der Waals surface area contributed by atoms with Crippen LogP contribution in [-0.2, 0) is 26.1 Å². The highest BCUT2D eigenvalue weighted by molar-refractivity contribution is 7.96.